The van der Waals surface area contributed by atoms with Gasteiger partial charge in [0.15, 0.2) is 0 Å². The molecule has 0 fully saturated rings. The maximum Gasteiger partial charge on any atom is 0.146 e. The first-order chi connectivity index (χ1) is 8.99. The van der Waals surface area contributed by atoms with Crippen LogP contribution in [0, 0.1) is 3.57 Å². The van der Waals surface area contributed by atoms with Crippen LogP contribution in [0.3, 0.4) is 0 Å². The summed E-state index contributed by atoms with van der Waals surface area (Å²) in [6.45, 7) is 4.23. The van der Waals surface area contributed by atoms with Crippen LogP contribution in [0.1, 0.15) is 36.8 Å². The predicted molar refractivity (Wildman–Crippen MR) is 90.8 cm³/mol. The van der Waals surface area contributed by atoms with Gasteiger partial charge in [0.05, 0.1) is 9.26 Å². The summed E-state index contributed by atoms with van der Waals surface area (Å²) >= 11 is 12.0. The van der Waals surface area contributed by atoms with Crippen LogP contribution >= 0.6 is 50.1 Å². The van der Waals surface area contributed by atoms with Gasteiger partial charge in [-0.25, -0.2) is 9.97 Å². The van der Waals surface area contributed by atoms with E-state index in [0.717, 1.165) is 25.1 Å². The van der Waals surface area contributed by atoms with Gasteiger partial charge in [0.2, 0.25) is 0 Å². The molecule has 0 saturated carbocycles. The lowest BCUT2D eigenvalue weighted by atomic mass is 10.1. The lowest BCUT2D eigenvalue weighted by Crippen LogP contribution is -2.06. The second kappa shape index (κ2) is 6.50. The summed E-state index contributed by atoms with van der Waals surface area (Å²) in [6, 6.07) is 8.09. The van der Waals surface area contributed by atoms with Crippen molar-refractivity contribution in [2.24, 2.45) is 0 Å². The summed E-state index contributed by atoms with van der Waals surface area (Å²) in [4.78, 5) is 9.02. The Hall–Kier alpha value is -0.200. The standard InChI is InChI=1S/C14H13BrClIN2/c1-8(2)13-12(17)14(16)19-11(18-13)7-9-5-3-4-6-10(9)15/h3-6,8H,7H2,1-2H3. The normalized spacial score (nSPS) is 11.1. The number of benzene rings is 1. The molecule has 0 atom stereocenters. The third-order valence-corrected chi connectivity index (χ3v) is 5.17. The summed E-state index contributed by atoms with van der Waals surface area (Å²) < 4.78 is 2.02. The molecule has 1 aromatic heterocycles. The zero-order chi connectivity index (χ0) is 14.0. The third-order valence-electron chi connectivity index (χ3n) is 2.74. The van der Waals surface area contributed by atoms with E-state index in [0.29, 0.717) is 17.5 Å². The topological polar surface area (TPSA) is 25.8 Å². The molecule has 0 saturated heterocycles. The highest BCUT2D eigenvalue weighted by molar-refractivity contribution is 14.1. The van der Waals surface area contributed by atoms with Gasteiger partial charge in [-0.15, -0.1) is 0 Å². The van der Waals surface area contributed by atoms with Gasteiger partial charge in [0.1, 0.15) is 11.0 Å². The summed E-state index contributed by atoms with van der Waals surface area (Å²) in [5.74, 6) is 1.10. The van der Waals surface area contributed by atoms with Gasteiger partial charge in [-0.05, 0) is 40.1 Å². The van der Waals surface area contributed by atoms with E-state index in [-0.39, 0.29) is 0 Å². The molecule has 2 rings (SSSR count). The van der Waals surface area contributed by atoms with Crippen molar-refractivity contribution in [3.05, 3.63) is 54.5 Å². The van der Waals surface area contributed by atoms with Gasteiger partial charge < -0.3 is 0 Å². The highest BCUT2D eigenvalue weighted by Gasteiger charge is 2.14. The van der Waals surface area contributed by atoms with E-state index in [1.54, 1.807) is 0 Å². The fourth-order valence-corrected chi connectivity index (χ4v) is 3.24. The van der Waals surface area contributed by atoms with Crippen molar-refractivity contribution >= 4 is 50.1 Å². The lowest BCUT2D eigenvalue weighted by Gasteiger charge is -2.11. The maximum atomic E-state index is 6.20. The second-order valence-electron chi connectivity index (χ2n) is 4.55. The molecule has 1 heterocycles. The van der Waals surface area contributed by atoms with E-state index in [9.17, 15) is 0 Å². The summed E-state index contributed by atoms with van der Waals surface area (Å²) in [7, 11) is 0. The molecule has 0 bridgehead atoms. The van der Waals surface area contributed by atoms with E-state index in [1.807, 2.05) is 18.2 Å². The first-order valence-electron chi connectivity index (χ1n) is 5.94. The van der Waals surface area contributed by atoms with Crippen LogP contribution in [0.15, 0.2) is 28.7 Å². The Balaban J connectivity index is 2.39. The Morgan fingerprint density at radius 1 is 1.26 bits per heavy atom. The minimum Gasteiger partial charge on any atom is -0.236 e. The first kappa shape index (κ1) is 15.2. The van der Waals surface area contributed by atoms with E-state index < -0.39 is 0 Å². The largest absolute Gasteiger partial charge is 0.236 e. The molecule has 0 unspecified atom stereocenters. The summed E-state index contributed by atoms with van der Waals surface area (Å²) in [5, 5.41) is 0.543. The molecule has 2 nitrogen and oxygen atoms in total. The predicted octanol–water partition coefficient (Wildman–Crippen LogP) is 5.21. The summed E-state index contributed by atoms with van der Waals surface area (Å²) in [6.07, 6.45) is 0.678. The smallest absolute Gasteiger partial charge is 0.146 e. The average molecular weight is 452 g/mol. The zero-order valence-corrected chi connectivity index (χ0v) is 15.1. The van der Waals surface area contributed by atoms with Crippen molar-refractivity contribution in [3.63, 3.8) is 0 Å². The quantitative estimate of drug-likeness (QED) is 0.473. The molecule has 1 aromatic carbocycles. The number of hydrogen-bond donors (Lipinski definition) is 0. The molecule has 19 heavy (non-hydrogen) atoms. The highest BCUT2D eigenvalue weighted by atomic mass is 127. The van der Waals surface area contributed by atoms with Crippen molar-refractivity contribution < 1.29 is 0 Å². The van der Waals surface area contributed by atoms with Crippen molar-refractivity contribution in [2.45, 2.75) is 26.2 Å². The molecule has 100 valence electrons. The fourth-order valence-electron chi connectivity index (χ4n) is 1.75. The van der Waals surface area contributed by atoms with Crippen molar-refractivity contribution in [2.75, 3.05) is 0 Å². The maximum absolute atomic E-state index is 6.20. The van der Waals surface area contributed by atoms with Gasteiger partial charge in [-0.2, -0.15) is 0 Å². The SMILES string of the molecule is CC(C)c1nc(Cc2ccccc2Br)nc(Cl)c1I. The molecular weight excluding hydrogens is 438 g/mol. The van der Waals surface area contributed by atoms with E-state index in [1.165, 1.54) is 0 Å². The molecule has 0 radical (unpaired) electrons. The Labute approximate surface area is 140 Å². The monoisotopic (exact) mass is 450 g/mol. The fraction of sp³-hybridized carbons (Fsp3) is 0.286. The number of halogens is 3. The number of nitrogens with zero attached hydrogens (tertiary/aromatic N) is 2. The Bertz CT molecular complexity index is 602. The van der Waals surface area contributed by atoms with E-state index >= 15 is 0 Å². The second-order valence-corrected chi connectivity index (χ2v) is 6.84. The molecule has 5 heteroatoms. The lowest BCUT2D eigenvalue weighted by molar-refractivity contribution is 0.782. The van der Waals surface area contributed by atoms with E-state index in [4.69, 9.17) is 11.6 Å². The Morgan fingerprint density at radius 2 is 1.95 bits per heavy atom. The number of aromatic nitrogens is 2. The molecule has 0 aliphatic carbocycles. The molecule has 0 aliphatic rings. The molecule has 0 aliphatic heterocycles. The minimum atomic E-state index is 0.338. The van der Waals surface area contributed by atoms with E-state index in [2.05, 4.69) is 68.4 Å². The van der Waals surface area contributed by atoms with Crippen molar-refractivity contribution in [3.8, 4) is 0 Å². The van der Waals surface area contributed by atoms with Crippen LogP contribution in [0.25, 0.3) is 0 Å². The molecule has 0 amide bonds. The van der Waals surface area contributed by atoms with Crippen LogP contribution in [0.5, 0.6) is 0 Å². The Kier molecular flexibility index (Phi) is 5.20. The van der Waals surface area contributed by atoms with Gasteiger partial charge in [-0.1, -0.05) is 59.6 Å². The number of hydrogen-bond acceptors (Lipinski definition) is 2. The van der Waals surface area contributed by atoms with Gasteiger partial charge in [0.25, 0.3) is 0 Å². The van der Waals surface area contributed by atoms with Gasteiger partial charge in [0, 0.05) is 10.9 Å². The van der Waals surface area contributed by atoms with Crippen LogP contribution < -0.4 is 0 Å². The van der Waals surface area contributed by atoms with Crippen molar-refractivity contribution in [1.82, 2.24) is 9.97 Å². The summed E-state index contributed by atoms with van der Waals surface area (Å²) in [5.41, 5.74) is 2.18. The molecule has 0 N–H and O–H groups in total. The van der Waals surface area contributed by atoms with Crippen LogP contribution in [-0.4, -0.2) is 9.97 Å². The van der Waals surface area contributed by atoms with Crippen LogP contribution in [0.4, 0.5) is 0 Å². The van der Waals surface area contributed by atoms with Crippen LogP contribution in [0.2, 0.25) is 5.15 Å². The Morgan fingerprint density at radius 3 is 2.58 bits per heavy atom. The minimum absolute atomic E-state index is 0.338. The molecule has 0 spiro atoms. The molecule has 2 aromatic rings. The zero-order valence-electron chi connectivity index (χ0n) is 10.6. The average Bonchev–Trinajstić information content (AvgIpc) is 2.36. The number of rotatable bonds is 3. The van der Waals surface area contributed by atoms with Gasteiger partial charge in [-0.3, -0.25) is 0 Å². The van der Waals surface area contributed by atoms with Crippen molar-refractivity contribution in [1.29, 1.82) is 0 Å². The molecular formula is C14H13BrClIN2. The highest BCUT2D eigenvalue weighted by Crippen LogP contribution is 2.26. The van der Waals surface area contributed by atoms with Gasteiger partial charge >= 0.3 is 0 Å². The first-order valence-corrected chi connectivity index (χ1v) is 8.19. The third kappa shape index (κ3) is 3.67. The van der Waals surface area contributed by atoms with Crippen LogP contribution in [-0.2, 0) is 6.42 Å².